The van der Waals surface area contributed by atoms with Gasteiger partial charge in [-0.2, -0.15) is 0 Å². The molecule has 2 aliphatic rings. The first-order valence-corrected chi connectivity index (χ1v) is 9.15. The fourth-order valence-electron chi connectivity index (χ4n) is 2.88. The minimum atomic E-state index is -0.538. The number of ether oxygens (including phenoxy) is 2. The molecule has 8 heteroatoms. The molecule has 3 rings (SSSR count). The lowest BCUT2D eigenvalue weighted by Crippen LogP contribution is -2.45. The van der Waals surface area contributed by atoms with E-state index in [1.54, 1.807) is 6.92 Å². The minimum absolute atomic E-state index is 0.0433. The summed E-state index contributed by atoms with van der Waals surface area (Å²) in [7, 11) is 0. The van der Waals surface area contributed by atoms with Crippen LogP contribution in [0.25, 0.3) is 0 Å². The van der Waals surface area contributed by atoms with E-state index in [2.05, 4.69) is 26.6 Å². The Morgan fingerprint density at radius 3 is 2.85 bits per heavy atom. The maximum Gasteiger partial charge on any atom is 0.337 e. The van der Waals surface area contributed by atoms with Gasteiger partial charge in [0.2, 0.25) is 0 Å². The number of benzene rings is 1. The Morgan fingerprint density at radius 1 is 1.31 bits per heavy atom. The Bertz CT molecular complexity index is 777. The Morgan fingerprint density at radius 2 is 2.12 bits per heavy atom. The van der Waals surface area contributed by atoms with Crippen molar-refractivity contribution in [2.24, 2.45) is 5.92 Å². The fourth-order valence-corrected chi connectivity index (χ4v) is 3.30. The molecule has 1 aliphatic heterocycles. The third-order valence-electron chi connectivity index (χ3n) is 4.31. The SMILES string of the molecule is CCOC(=O)C1=C(COC(=O)[C@H]2C[C@H]2c2cccc(Br)c2)NC(=O)NC1. The van der Waals surface area contributed by atoms with Gasteiger partial charge in [-0.25, -0.2) is 9.59 Å². The van der Waals surface area contributed by atoms with Gasteiger partial charge in [0.25, 0.3) is 0 Å². The van der Waals surface area contributed by atoms with E-state index in [9.17, 15) is 14.4 Å². The van der Waals surface area contributed by atoms with Crippen LogP contribution in [-0.4, -0.2) is 37.7 Å². The molecule has 1 aliphatic carbocycles. The van der Waals surface area contributed by atoms with Crippen LogP contribution in [0.5, 0.6) is 0 Å². The van der Waals surface area contributed by atoms with Gasteiger partial charge in [0.15, 0.2) is 0 Å². The molecule has 1 heterocycles. The smallest absolute Gasteiger partial charge is 0.337 e. The summed E-state index contributed by atoms with van der Waals surface area (Å²) in [6.45, 7) is 1.80. The van der Waals surface area contributed by atoms with Crippen LogP contribution in [0.4, 0.5) is 4.79 Å². The summed E-state index contributed by atoms with van der Waals surface area (Å²) in [6, 6.07) is 7.40. The van der Waals surface area contributed by atoms with Gasteiger partial charge in [0.1, 0.15) is 6.61 Å². The normalized spacial score (nSPS) is 21.5. The van der Waals surface area contributed by atoms with Gasteiger partial charge in [0, 0.05) is 4.47 Å². The average molecular weight is 423 g/mol. The number of carbonyl (C=O) groups is 3. The quantitative estimate of drug-likeness (QED) is 0.685. The van der Waals surface area contributed by atoms with Crippen molar-refractivity contribution < 1.29 is 23.9 Å². The monoisotopic (exact) mass is 422 g/mol. The van der Waals surface area contributed by atoms with Crippen LogP contribution in [0.15, 0.2) is 40.0 Å². The van der Waals surface area contributed by atoms with Crippen LogP contribution in [0.3, 0.4) is 0 Å². The number of rotatable bonds is 6. The molecule has 2 amide bonds. The number of urea groups is 1. The number of amides is 2. The van der Waals surface area contributed by atoms with E-state index < -0.39 is 12.0 Å². The number of esters is 2. The van der Waals surface area contributed by atoms with E-state index in [0.29, 0.717) is 0 Å². The summed E-state index contributed by atoms with van der Waals surface area (Å²) >= 11 is 3.42. The predicted octanol–water partition coefficient (Wildman–Crippen LogP) is 2.23. The molecule has 2 atom stereocenters. The Hall–Kier alpha value is -2.35. The first-order chi connectivity index (χ1) is 12.5. The van der Waals surface area contributed by atoms with Crippen LogP contribution < -0.4 is 10.6 Å². The standard InChI is InChI=1S/C18H19BrN2O5/c1-2-25-17(23)14-8-20-18(24)21-15(14)9-26-16(22)13-7-12(13)10-4-3-5-11(19)6-10/h3-6,12-13H,2,7-9H2,1H3,(H2,20,21,24)/t12-,13-/m0/s1. The Kier molecular flexibility index (Phi) is 5.61. The highest BCUT2D eigenvalue weighted by molar-refractivity contribution is 9.10. The molecule has 26 heavy (non-hydrogen) atoms. The molecular weight excluding hydrogens is 404 g/mol. The van der Waals surface area contributed by atoms with Gasteiger partial charge in [0.05, 0.1) is 30.3 Å². The zero-order valence-corrected chi connectivity index (χ0v) is 15.8. The lowest BCUT2D eigenvalue weighted by molar-refractivity contribution is -0.145. The van der Waals surface area contributed by atoms with Crippen LogP contribution in [0.2, 0.25) is 0 Å². The second kappa shape index (κ2) is 7.90. The molecule has 1 aromatic carbocycles. The molecule has 0 unspecified atom stereocenters. The summed E-state index contributed by atoms with van der Waals surface area (Å²) < 4.78 is 11.3. The number of nitrogens with one attached hydrogen (secondary N) is 2. The second-order valence-corrected chi connectivity index (χ2v) is 7.01. The number of hydrogen-bond acceptors (Lipinski definition) is 5. The van der Waals surface area contributed by atoms with Crippen LogP contribution in [-0.2, 0) is 19.1 Å². The highest BCUT2D eigenvalue weighted by Gasteiger charge is 2.45. The topological polar surface area (TPSA) is 93.7 Å². The number of carbonyl (C=O) groups excluding carboxylic acids is 3. The van der Waals surface area contributed by atoms with Gasteiger partial charge in [-0.3, -0.25) is 4.79 Å². The van der Waals surface area contributed by atoms with Gasteiger partial charge in [-0.15, -0.1) is 0 Å². The van der Waals surface area contributed by atoms with E-state index in [-0.39, 0.29) is 48.8 Å². The first-order valence-electron chi connectivity index (χ1n) is 8.35. The number of halogens is 1. The van der Waals surface area contributed by atoms with Crippen molar-refractivity contribution in [1.29, 1.82) is 0 Å². The van der Waals surface area contributed by atoms with Crippen molar-refractivity contribution in [3.05, 3.63) is 45.6 Å². The molecule has 2 N–H and O–H groups in total. The molecule has 1 saturated carbocycles. The molecule has 1 aromatic rings. The zero-order chi connectivity index (χ0) is 18.7. The van der Waals surface area contributed by atoms with Crippen molar-refractivity contribution in [2.75, 3.05) is 19.8 Å². The maximum absolute atomic E-state index is 12.3. The van der Waals surface area contributed by atoms with Crippen molar-refractivity contribution in [3.63, 3.8) is 0 Å². The highest BCUT2D eigenvalue weighted by atomic mass is 79.9. The lowest BCUT2D eigenvalue weighted by Gasteiger charge is -2.21. The molecule has 138 valence electrons. The van der Waals surface area contributed by atoms with Crippen molar-refractivity contribution in [1.82, 2.24) is 10.6 Å². The summed E-state index contributed by atoms with van der Waals surface area (Å²) in [5.41, 5.74) is 1.61. The lowest BCUT2D eigenvalue weighted by atomic mass is 10.1. The molecule has 7 nitrogen and oxygen atoms in total. The van der Waals surface area contributed by atoms with Gasteiger partial charge >= 0.3 is 18.0 Å². The molecule has 0 radical (unpaired) electrons. The maximum atomic E-state index is 12.3. The molecule has 0 saturated heterocycles. The van der Waals surface area contributed by atoms with Crippen molar-refractivity contribution >= 4 is 33.9 Å². The minimum Gasteiger partial charge on any atom is -0.463 e. The van der Waals surface area contributed by atoms with Crippen molar-refractivity contribution in [3.8, 4) is 0 Å². The second-order valence-electron chi connectivity index (χ2n) is 6.10. The van der Waals surface area contributed by atoms with Crippen LogP contribution >= 0.6 is 15.9 Å². The summed E-state index contributed by atoms with van der Waals surface area (Å²) in [5.74, 6) is -0.933. The van der Waals surface area contributed by atoms with E-state index in [1.165, 1.54) is 0 Å². The predicted molar refractivity (Wildman–Crippen MR) is 96.1 cm³/mol. The molecule has 0 aromatic heterocycles. The van der Waals surface area contributed by atoms with Gasteiger partial charge in [-0.1, -0.05) is 28.1 Å². The third-order valence-corrected chi connectivity index (χ3v) is 4.80. The van der Waals surface area contributed by atoms with E-state index in [0.717, 1.165) is 16.5 Å². The molecule has 0 spiro atoms. The van der Waals surface area contributed by atoms with E-state index >= 15 is 0 Å². The Balaban J connectivity index is 1.61. The van der Waals surface area contributed by atoms with Crippen molar-refractivity contribution in [2.45, 2.75) is 19.3 Å². The van der Waals surface area contributed by atoms with E-state index in [1.807, 2.05) is 24.3 Å². The summed E-state index contributed by atoms with van der Waals surface area (Å²) in [4.78, 5) is 35.8. The summed E-state index contributed by atoms with van der Waals surface area (Å²) in [5, 5.41) is 5.02. The molecule has 0 bridgehead atoms. The van der Waals surface area contributed by atoms with Gasteiger partial charge in [-0.05, 0) is 37.0 Å². The van der Waals surface area contributed by atoms with Crippen LogP contribution in [0, 0.1) is 5.92 Å². The first kappa shape index (κ1) is 18.4. The largest absolute Gasteiger partial charge is 0.463 e. The van der Waals surface area contributed by atoms with Crippen LogP contribution in [0.1, 0.15) is 24.8 Å². The third kappa shape index (κ3) is 4.24. The molecule has 1 fully saturated rings. The highest BCUT2D eigenvalue weighted by Crippen LogP contribution is 2.48. The number of hydrogen-bond donors (Lipinski definition) is 2. The van der Waals surface area contributed by atoms with Gasteiger partial charge < -0.3 is 20.1 Å². The zero-order valence-electron chi connectivity index (χ0n) is 14.2. The average Bonchev–Trinajstić information content (AvgIpc) is 3.41. The van der Waals surface area contributed by atoms with E-state index in [4.69, 9.17) is 9.47 Å². The Labute approximate surface area is 159 Å². The fraction of sp³-hybridized carbons (Fsp3) is 0.389. The summed E-state index contributed by atoms with van der Waals surface area (Å²) in [6.07, 6.45) is 0.729. The molecular formula is C18H19BrN2O5.